The highest BCUT2D eigenvalue weighted by molar-refractivity contribution is 5.89. The molecule has 2 N–H and O–H groups in total. The highest BCUT2D eigenvalue weighted by atomic mass is 19.4. The van der Waals surface area contributed by atoms with Gasteiger partial charge in [-0.1, -0.05) is 23.4 Å². The number of aromatic amines is 1. The molecule has 2 bridgehead atoms. The first-order valence-corrected chi connectivity index (χ1v) is 15.1. The number of tetrazole rings is 1. The lowest BCUT2D eigenvalue weighted by Crippen LogP contribution is -2.39. The largest absolute Gasteiger partial charge is 0.573 e. The second-order valence-corrected chi connectivity index (χ2v) is 12.0. The minimum absolute atomic E-state index is 0.0113. The van der Waals surface area contributed by atoms with Gasteiger partial charge in [0.2, 0.25) is 5.82 Å². The minimum atomic E-state index is -4.82. The third-order valence-corrected chi connectivity index (χ3v) is 9.13. The summed E-state index contributed by atoms with van der Waals surface area (Å²) in [4.78, 5) is 9.51. The van der Waals surface area contributed by atoms with Crippen LogP contribution < -0.4 is 10.1 Å². The van der Waals surface area contributed by atoms with E-state index in [1.165, 1.54) is 12.1 Å². The molecule has 0 spiro atoms. The summed E-state index contributed by atoms with van der Waals surface area (Å²) in [6, 6.07) is 12.0. The number of ether oxygens (including phenoxy) is 2. The minimum Gasteiger partial charge on any atom is -0.405 e. The van der Waals surface area contributed by atoms with Gasteiger partial charge < -0.3 is 19.3 Å². The lowest BCUT2D eigenvalue weighted by atomic mass is 9.82. The predicted octanol–water partition coefficient (Wildman–Crippen LogP) is 6.43. The van der Waals surface area contributed by atoms with Gasteiger partial charge in [-0.15, -0.1) is 23.4 Å². The Hall–Kier alpha value is -4.59. The molecule has 4 atom stereocenters. The number of fused-ring (bicyclic) bond motifs is 3. The Morgan fingerprint density at radius 3 is 2.53 bits per heavy atom. The van der Waals surface area contributed by atoms with E-state index >= 15 is 0 Å². The molecule has 3 heterocycles. The Balaban J connectivity index is 0.970. The quantitative estimate of drug-likeness (QED) is 0.190. The highest BCUT2D eigenvalue weighted by Gasteiger charge is 2.44. The number of nitrogens with zero attached hydrogens (tertiary/aromatic N) is 6. The van der Waals surface area contributed by atoms with Crippen LogP contribution in [-0.4, -0.2) is 54.3 Å². The fraction of sp³-hybridized carbons (Fsp3) is 0.419. The number of hydrogen-bond donors (Lipinski definition) is 2. The molecule has 232 valence electrons. The van der Waals surface area contributed by atoms with Crippen LogP contribution in [0, 0.1) is 11.8 Å². The molecule has 2 unspecified atom stereocenters. The van der Waals surface area contributed by atoms with Crippen LogP contribution in [0.25, 0.3) is 33.7 Å². The van der Waals surface area contributed by atoms with Gasteiger partial charge in [0.25, 0.3) is 0 Å². The molecule has 0 aliphatic heterocycles. The summed E-state index contributed by atoms with van der Waals surface area (Å²) in [6.07, 6.45) is 2.75. The number of alkyl halides is 3. The standard InChI is InChI=1S/C31H29F3N8O3/c32-31(33,34)44-24-7-2-1-4-20(24)27-22(29(45-40-27)16-8-9-16)15-43-19-12-17-10-11-18(13-19)26(17)37-25-14-35-28-21(30-38-41-42-39-30)5-3-6-23(28)36-25/h1-7,14,16-19,26H,8-13,15H2,(H,36,37)(H,38,39,41,42)/t17-,18+,19?,26?. The van der Waals surface area contributed by atoms with Crippen molar-refractivity contribution >= 4 is 16.9 Å². The topological polar surface area (TPSA) is 137 Å². The second kappa shape index (κ2) is 11.1. The van der Waals surface area contributed by atoms with E-state index < -0.39 is 6.36 Å². The molecule has 3 saturated carbocycles. The number of H-pyrrole nitrogens is 1. The van der Waals surface area contributed by atoms with Crippen molar-refractivity contribution in [2.75, 3.05) is 5.32 Å². The smallest absolute Gasteiger partial charge is 0.405 e. The average molecular weight is 619 g/mol. The van der Waals surface area contributed by atoms with Crippen LogP contribution in [0.3, 0.4) is 0 Å². The monoisotopic (exact) mass is 618 g/mol. The van der Waals surface area contributed by atoms with E-state index in [1.807, 2.05) is 18.2 Å². The molecule has 0 amide bonds. The van der Waals surface area contributed by atoms with E-state index in [-0.39, 0.29) is 36.0 Å². The van der Waals surface area contributed by atoms with Crippen molar-refractivity contribution in [1.82, 2.24) is 35.7 Å². The summed E-state index contributed by atoms with van der Waals surface area (Å²) in [5, 5.41) is 22.1. The molecule has 2 aromatic carbocycles. The van der Waals surface area contributed by atoms with Gasteiger partial charge in [-0.2, -0.15) is 5.21 Å². The maximum absolute atomic E-state index is 13.1. The van der Waals surface area contributed by atoms with Gasteiger partial charge in [0.05, 0.1) is 35.5 Å². The van der Waals surface area contributed by atoms with Crippen LogP contribution in [0.15, 0.2) is 53.2 Å². The maximum atomic E-state index is 13.1. The number of anilines is 1. The Kier molecular flexibility index (Phi) is 6.88. The van der Waals surface area contributed by atoms with E-state index in [2.05, 4.69) is 40.8 Å². The normalized spacial score (nSPS) is 23.0. The zero-order chi connectivity index (χ0) is 30.5. The van der Waals surface area contributed by atoms with Crippen LogP contribution in [-0.2, 0) is 11.3 Å². The Labute approximate surface area is 254 Å². The number of hydrogen-bond acceptors (Lipinski definition) is 10. The maximum Gasteiger partial charge on any atom is 0.573 e. The lowest BCUT2D eigenvalue weighted by molar-refractivity contribution is -0.274. The molecule has 5 aromatic rings. The van der Waals surface area contributed by atoms with Crippen LogP contribution in [0.1, 0.15) is 55.8 Å². The van der Waals surface area contributed by atoms with E-state index in [1.54, 1.807) is 18.3 Å². The van der Waals surface area contributed by atoms with Gasteiger partial charge in [0.1, 0.15) is 23.0 Å². The molecule has 3 aliphatic carbocycles. The second-order valence-electron chi connectivity index (χ2n) is 12.0. The fourth-order valence-electron chi connectivity index (χ4n) is 7.00. The number of para-hydroxylation sites is 2. The fourth-order valence-corrected chi connectivity index (χ4v) is 7.00. The summed E-state index contributed by atoms with van der Waals surface area (Å²) in [5.41, 5.74) is 3.48. The van der Waals surface area contributed by atoms with Crippen LogP contribution in [0.5, 0.6) is 5.75 Å². The van der Waals surface area contributed by atoms with Crippen LogP contribution in [0.2, 0.25) is 0 Å². The number of nitrogens with one attached hydrogen (secondary N) is 2. The third kappa shape index (κ3) is 5.58. The van der Waals surface area contributed by atoms with E-state index in [0.717, 1.165) is 55.4 Å². The molecule has 3 fully saturated rings. The molecular formula is C31H29F3N8O3. The first-order valence-electron chi connectivity index (χ1n) is 15.1. The molecule has 0 saturated heterocycles. The van der Waals surface area contributed by atoms with E-state index in [9.17, 15) is 13.2 Å². The predicted molar refractivity (Wildman–Crippen MR) is 155 cm³/mol. The molecule has 3 aromatic heterocycles. The molecule has 0 radical (unpaired) electrons. The van der Waals surface area contributed by atoms with Gasteiger partial charge >= 0.3 is 6.36 Å². The van der Waals surface area contributed by atoms with Crippen molar-refractivity contribution in [2.24, 2.45) is 11.8 Å². The van der Waals surface area contributed by atoms with Crippen molar-refractivity contribution in [3.05, 3.63) is 60.0 Å². The SMILES string of the molecule is FC(F)(F)Oc1ccccc1-c1noc(C2CC2)c1COC1C[C@H]2CC[C@@H](C1)C2Nc1cnc2c(-c3nn[nH]n3)cccc2n1. The highest BCUT2D eigenvalue weighted by Crippen LogP contribution is 2.48. The Bertz CT molecular complexity index is 1810. The van der Waals surface area contributed by atoms with Crippen LogP contribution >= 0.6 is 0 Å². The van der Waals surface area contributed by atoms with Crippen LogP contribution in [0.4, 0.5) is 19.0 Å². The summed E-state index contributed by atoms with van der Waals surface area (Å²) in [6.45, 7) is 0.214. The summed E-state index contributed by atoms with van der Waals surface area (Å²) in [5.74, 6) is 2.57. The molecular weight excluding hydrogens is 589 g/mol. The van der Waals surface area contributed by atoms with Gasteiger partial charge in [-0.05, 0) is 79.8 Å². The van der Waals surface area contributed by atoms with Gasteiger partial charge in [0.15, 0.2) is 0 Å². The first-order chi connectivity index (χ1) is 21.9. The van der Waals surface area contributed by atoms with Crippen molar-refractivity contribution in [1.29, 1.82) is 0 Å². The van der Waals surface area contributed by atoms with Gasteiger partial charge in [0, 0.05) is 23.1 Å². The number of rotatable bonds is 9. The van der Waals surface area contributed by atoms with Crippen molar-refractivity contribution in [3.63, 3.8) is 0 Å². The lowest BCUT2D eigenvalue weighted by Gasteiger charge is -2.36. The van der Waals surface area contributed by atoms with Gasteiger partial charge in [-0.25, -0.2) is 9.97 Å². The van der Waals surface area contributed by atoms with E-state index in [0.29, 0.717) is 40.2 Å². The van der Waals surface area contributed by atoms with Crippen molar-refractivity contribution < 1.29 is 27.2 Å². The third-order valence-electron chi connectivity index (χ3n) is 9.13. The Morgan fingerprint density at radius 2 is 1.78 bits per heavy atom. The van der Waals surface area contributed by atoms with Gasteiger partial charge in [-0.3, -0.25) is 0 Å². The average Bonchev–Trinajstić information content (AvgIpc) is 3.45. The first kappa shape index (κ1) is 27.9. The van der Waals surface area contributed by atoms with Crippen molar-refractivity contribution in [3.8, 4) is 28.4 Å². The molecule has 11 nitrogen and oxygen atoms in total. The van der Waals surface area contributed by atoms with E-state index in [4.69, 9.17) is 14.2 Å². The summed E-state index contributed by atoms with van der Waals surface area (Å²) >= 11 is 0. The summed E-state index contributed by atoms with van der Waals surface area (Å²) in [7, 11) is 0. The molecule has 14 heteroatoms. The number of halogens is 3. The number of benzene rings is 2. The molecule has 3 aliphatic rings. The number of aromatic nitrogens is 7. The molecule has 45 heavy (non-hydrogen) atoms. The van der Waals surface area contributed by atoms with Crippen molar-refractivity contribution in [2.45, 2.75) is 69.6 Å². The zero-order valence-electron chi connectivity index (χ0n) is 24.0. The zero-order valence-corrected chi connectivity index (χ0v) is 24.0. The molecule has 8 rings (SSSR count). The summed E-state index contributed by atoms with van der Waals surface area (Å²) < 4.78 is 55.9. The Morgan fingerprint density at radius 1 is 0.978 bits per heavy atom.